The van der Waals surface area contributed by atoms with E-state index in [1.807, 2.05) is 7.11 Å². The number of hydrogen-bond acceptors (Lipinski definition) is 2. The summed E-state index contributed by atoms with van der Waals surface area (Å²) in [7, 11) is 1.81. The second-order valence-corrected chi connectivity index (χ2v) is 6.27. The summed E-state index contributed by atoms with van der Waals surface area (Å²) in [6.07, 6.45) is 8.01. The molecule has 0 heterocycles. The minimum absolute atomic E-state index is 0.761. The number of hydrogen-bond donors (Lipinski definition) is 1. The van der Waals surface area contributed by atoms with Gasteiger partial charge in [-0.1, -0.05) is 20.8 Å². The van der Waals surface area contributed by atoms with E-state index in [1.54, 1.807) is 0 Å². The molecule has 1 rings (SSSR count). The minimum atomic E-state index is 0.761. The number of ether oxygens (including phenoxy) is 1. The van der Waals surface area contributed by atoms with Crippen molar-refractivity contribution in [3.8, 4) is 0 Å². The van der Waals surface area contributed by atoms with Crippen molar-refractivity contribution in [1.82, 2.24) is 5.32 Å². The van der Waals surface area contributed by atoms with Gasteiger partial charge in [-0.15, -0.1) is 0 Å². The van der Waals surface area contributed by atoms with Gasteiger partial charge in [0.25, 0.3) is 0 Å². The largest absolute Gasteiger partial charge is 0.385 e. The molecule has 3 atom stereocenters. The number of nitrogens with one attached hydrogen (secondary N) is 1. The Bertz CT molecular complexity index is 205. The van der Waals surface area contributed by atoms with Crippen LogP contribution < -0.4 is 5.32 Å². The highest BCUT2D eigenvalue weighted by molar-refractivity contribution is 4.85. The maximum absolute atomic E-state index is 5.20. The van der Waals surface area contributed by atoms with Gasteiger partial charge in [-0.3, -0.25) is 0 Å². The molecule has 18 heavy (non-hydrogen) atoms. The van der Waals surface area contributed by atoms with Gasteiger partial charge in [0.1, 0.15) is 0 Å². The number of methoxy groups -OCH3 is 1. The van der Waals surface area contributed by atoms with Crippen LogP contribution >= 0.6 is 0 Å². The highest BCUT2D eigenvalue weighted by Gasteiger charge is 2.30. The lowest BCUT2D eigenvalue weighted by molar-refractivity contribution is 0.139. The third kappa shape index (κ3) is 5.27. The van der Waals surface area contributed by atoms with E-state index in [2.05, 4.69) is 26.1 Å². The van der Waals surface area contributed by atoms with Gasteiger partial charge < -0.3 is 10.1 Å². The van der Waals surface area contributed by atoms with Crippen LogP contribution in [0, 0.1) is 17.8 Å². The molecule has 1 saturated carbocycles. The fraction of sp³-hybridized carbons (Fsp3) is 1.00. The van der Waals surface area contributed by atoms with E-state index in [0.29, 0.717) is 0 Å². The lowest BCUT2D eigenvalue weighted by Crippen LogP contribution is -2.42. The summed E-state index contributed by atoms with van der Waals surface area (Å²) in [5, 5.41) is 3.77. The normalized spacial score (nSPS) is 28.8. The SMILES string of the molecule is CCCNC1CCC(C(C)C)CC1CCCOC. The Hall–Kier alpha value is -0.0800. The average Bonchev–Trinajstić information content (AvgIpc) is 2.37. The molecule has 0 aromatic carbocycles. The molecule has 3 unspecified atom stereocenters. The molecule has 0 spiro atoms. The lowest BCUT2D eigenvalue weighted by Gasteiger charge is -2.38. The molecule has 0 bridgehead atoms. The molecule has 1 fully saturated rings. The first-order chi connectivity index (χ1) is 8.69. The van der Waals surface area contributed by atoms with Crippen LogP contribution in [0.4, 0.5) is 0 Å². The van der Waals surface area contributed by atoms with Crippen molar-refractivity contribution in [3.63, 3.8) is 0 Å². The van der Waals surface area contributed by atoms with Crippen LogP contribution in [0.25, 0.3) is 0 Å². The van der Waals surface area contributed by atoms with E-state index in [9.17, 15) is 0 Å². The van der Waals surface area contributed by atoms with E-state index in [1.165, 1.54) is 45.1 Å². The van der Waals surface area contributed by atoms with Gasteiger partial charge >= 0.3 is 0 Å². The van der Waals surface area contributed by atoms with Crippen molar-refractivity contribution in [2.45, 2.75) is 65.3 Å². The molecule has 2 heteroatoms. The van der Waals surface area contributed by atoms with Crippen LogP contribution in [0.1, 0.15) is 59.3 Å². The van der Waals surface area contributed by atoms with Gasteiger partial charge in [-0.25, -0.2) is 0 Å². The predicted octanol–water partition coefficient (Wildman–Crippen LogP) is 3.85. The van der Waals surface area contributed by atoms with Gasteiger partial charge in [0, 0.05) is 19.8 Å². The molecule has 0 saturated heterocycles. The maximum atomic E-state index is 5.20. The summed E-state index contributed by atoms with van der Waals surface area (Å²) in [6, 6.07) is 0.761. The Morgan fingerprint density at radius 3 is 2.67 bits per heavy atom. The summed E-state index contributed by atoms with van der Waals surface area (Å²) in [5.41, 5.74) is 0. The smallest absolute Gasteiger partial charge is 0.0462 e. The van der Waals surface area contributed by atoms with Crippen molar-refractivity contribution >= 4 is 0 Å². The van der Waals surface area contributed by atoms with E-state index >= 15 is 0 Å². The Kier molecular flexibility index (Phi) is 7.92. The Balaban J connectivity index is 2.44. The molecule has 0 amide bonds. The number of rotatable bonds is 8. The van der Waals surface area contributed by atoms with Gasteiger partial charge in [0.15, 0.2) is 0 Å². The van der Waals surface area contributed by atoms with Gasteiger partial charge in [-0.05, 0) is 62.8 Å². The molecular weight excluding hydrogens is 222 g/mol. The molecule has 1 aliphatic carbocycles. The zero-order chi connectivity index (χ0) is 13.4. The lowest BCUT2D eigenvalue weighted by atomic mass is 9.72. The summed E-state index contributed by atoms with van der Waals surface area (Å²) >= 11 is 0. The van der Waals surface area contributed by atoms with Crippen molar-refractivity contribution < 1.29 is 4.74 Å². The van der Waals surface area contributed by atoms with Crippen LogP contribution in [0.5, 0.6) is 0 Å². The summed E-state index contributed by atoms with van der Waals surface area (Å²) < 4.78 is 5.20. The van der Waals surface area contributed by atoms with Crippen molar-refractivity contribution in [2.75, 3.05) is 20.3 Å². The molecule has 1 aliphatic rings. The topological polar surface area (TPSA) is 21.3 Å². The molecule has 0 aromatic rings. The van der Waals surface area contributed by atoms with Crippen molar-refractivity contribution in [2.24, 2.45) is 17.8 Å². The Morgan fingerprint density at radius 2 is 2.06 bits per heavy atom. The first-order valence-electron chi connectivity index (χ1n) is 7.91. The van der Waals surface area contributed by atoms with Crippen LogP contribution in [-0.4, -0.2) is 26.3 Å². The zero-order valence-corrected chi connectivity index (χ0v) is 12.9. The fourth-order valence-corrected chi connectivity index (χ4v) is 3.31. The average molecular weight is 255 g/mol. The quantitative estimate of drug-likeness (QED) is 0.665. The molecule has 0 radical (unpaired) electrons. The van der Waals surface area contributed by atoms with Crippen LogP contribution in [-0.2, 0) is 4.74 Å². The first kappa shape index (κ1) is 16.0. The fourth-order valence-electron chi connectivity index (χ4n) is 3.31. The van der Waals surface area contributed by atoms with E-state index in [4.69, 9.17) is 4.74 Å². The third-order valence-corrected chi connectivity index (χ3v) is 4.55. The maximum Gasteiger partial charge on any atom is 0.0462 e. The van der Waals surface area contributed by atoms with Gasteiger partial charge in [-0.2, -0.15) is 0 Å². The molecule has 0 aliphatic heterocycles. The molecule has 1 N–H and O–H groups in total. The van der Waals surface area contributed by atoms with E-state index < -0.39 is 0 Å². The zero-order valence-electron chi connectivity index (χ0n) is 12.9. The molecular formula is C16H33NO. The van der Waals surface area contributed by atoms with Crippen LogP contribution in [0.15, 0.2) is 0 Å². The van der Waals surface area contributed by atoms with Crippen molar-refractivity contribution in [1.29, 1.82) is 0 Å². The second-order valence-electron chi connectivity index (χ2n) is 6.27. The standard InChI is InChI=1S/C16H33NO/c1-5-10-17-16-9-8-14(13(2)3)12-15(16)7-6-11-18-4/h13-17H,5-12H2,1-4H3. The molecule has 0 aromatic heterocycles. The van der Waals surface area contributed by atoms with E-state index in [-0.39, 0.29) is 0 Å². The summed E-state index contributed by atoms with van der Waals surface area (Å²) in [5.74, 6) is 2.66. The van der Waals surface area contributed by atoms with Crippen molar-refractivity contribution in [3.05, 3.63) is 0 Å². The predicted molar refractivity (Wildman–Crippen MR) is 78.9 cm³/mol. The van der Waals surface area contributed by atoms with Crippen LogP contribution in [0.2, 0.25) is 0 Å². The first-order valence-corrected chi connectivity index (χ1v) is 7.91. The summed E-state index contributed by atoms with van der Waals surface area (Å²) in [6.45, 7) is 9.13. The second kappa shape index (κ2) is 8.92. The van der Waals surface area contributed by atoms with Crippen LogP contribution in [0.3, 0.4) is 0 Å². The Morgan fingerprint density at radius 1 is 1.28 bits per heavy atom. The van der Waals surface area contributed by atoms with Gasteiger partial charge in [0.05, 0.1) is 0 Å². The minimum Gasteiger partial charge on any atom is -0.385 e. The highest BCUT2D eigenvalue weighted by atomic mass is 16.5. The third-order valence-electron chi connectivity index (χ3n) is 4.55. The highest BCUT2D eigenvalue weighted by Crippen LogP contribution is 2.36. The molecule has 2 nitrogen and oxygen atoms in total. The van der Waals surface area contributed by atoms with Gasteiger partial charge in [0.2, 0.25) is 0 Å². The summed E-state index contributed by atoms with van der Waals surface area (Å²) in [4.78, 5) is 0. The van der Waals surface area contributed by atoms with E-state index in [0.717, 1.165) is 30.4 Å². The molecule has 108 valence electrons. The Labute approximate surface area is 114 Å². The monoisotopic (exact) mass is 255 g/mol.